The average molecular weight is 233 g/mol. The lowest BCUT2D eigenvalue weighted by atomic mass is 10.1. The molecule has 0 bridgehead atoms. The van der Waals surface area contributed by atoms with Gasteiger partial charge in [-0.1, -0.05) is 6.92 Å². The van der Waals surface area contributed by atoms with Crippen molar-refractivity contribution in [3.8, 4) is 0 Å². The van der Waals surface area contributed by atoms with Crippen molar-refractivity contribution >= 4 is 17.5 Å². The van der Waals surface area contributed by atoms with E-state index in [-0.39, 0.29) is 18.4 Å². The number of pyridine rings is 1. The first kappa shape index (κ1) is 11.6. The summed E-state index contributed by atoms with van der Waals surface area (Å²) >= 11 is 0. The Kier molecular flexibility index (Phi) is 3.08. The number of hydrogen-bond acceptors (Lipinski definition) is 3. The smallest absolute Gasteiger partial charge is 0.250 e. The zero-order chi connectivity index (χ0) is 12.4. The molecule has 2 rings (SSSR count). The molecule has 1 unspecified atom stereocenters. The fraction of sp³-hybridized carbons (Fsp3) is 0.417. The van der Waals surface area contributed by atoms with E-state index in [0.29, 0.717) is 12.1 Å². The molecule has 90 valence electrons. The van der Waals surface area contributed by atoms with Crippen LogP contribution in [0.5, 0.6) is 0 Å². The molecule has 2 amide bonds. The summed E-state index contributed by atoms with van der Waals surface area (Å²) in [5.74, 6) is -0.192. The lowest BCUT2D eigenvalue weighted by molar-refractivity contribution is -0.131. The summed E-state index contributed by atoms with van der Waals surface area (Å²) in [6, 6.07) is 3.16. The number of anilines is 1. The number of piperazine rings is 1. The number of carbonyl (C=O) groups is 2. The first-order chi connectivity index (χ1) is 8.13. The van der Waals surface area contributed by atoms with Gasteiger partial charge in [0.1, 0.15) is 12.6 Å². The zero-order valence-electron chi connectivity index (χ0n) is 9.93. The third-order valence-corrected chi connectivity index (χ3v) is 2.88. The largest absolute Gasteiger partial charge is 0.343 e. The van der Waals surface area contributed by atoms with E-state index in [4.69, 9.17) is 0 Å². The van der Waals surface area contributed by atoms with Crippen molar-refractivity contribution in [3.63, 3.8) is 0 Å². The highest BCUT2D eigenvalue weighted by Gasteiger charge is 2.32. The molecule has 2 heterocycles. The standard InChI is InChI=1S/C12H15N3O2/c1-3-9-12(17)15(7-11(16)14-9)10-5-4-6-13-8(10)2/h4-6,9H,3,7H2,1-2H3,(H,14,16). The molecule has 0 spiro atoms. The number of aryl methyl sites for hydroxylation is 1. The van der Waals surface area contributed by atoms with E-state index < -0.39 is 6.04 Å². The second kappa shape index (κ2) is 4.53. The fourth-order valence-corrected chi connectivity index (χ4v) is 1.95. The molecule has 0 saturated carbocycles. The lowest BCUT2D eigenvalue weighted by Gasteiger charge is -2.32. The Bertz CT molecular complexity index is 459. The topological polar surface area (TPSA) is 62.3 Å². The molecule has 1 saturated heterocycles. The van der Waals surface area contributed by atoms with Crippen LogP contribution in [0.4, 0.5) is 5.69 Å². The Hall–Kier alpha value is -1.91. The highest BCUT2D eigenvalue weighted by molar-refractivity contribution is 6.06. The summed E-state index contributed by atoms with van der Waals surface area (Å²) in [5.41, 5.74) is 1.47. The van der Waals surface area contributed by atoms with Gasteiger partial charge < -0.3 is 5.32 Å². The van der Waals surface area contributed by atoms with Gasteiger partial charge in [-0.3, -0.25) is 19.5 Å². The van der Waals surface area contributed by atoms with Crippen molar-refractivity contribution in [2.24, 2.45) is 0 Å². The highest BCUT2D eigenvalue weighted by atomic mass is 16.2. The highest BCUT2D eigenvalue weighted by Crippen LogP contribution is 2.20. The van der Waals surface area contributed by atoms with Crippen LogP contribution in [0.3, 0.4) is 0 Å². The van der Waals surface area contributed by atoms with E-state index in [9.17, 15) is 9.59 Å². The predicted molar refractivity (Wildman–Crippen MR) is 63.5 cm³/mol. The van der Waals surface area contributed by atoms with Gasteiger partial charge in [-0.05, 0) is 25.5 Å². The van der Waals surface area contributed by atoms with Gasteiger partial charge in [0, 0.05) is 6.20 Å². The van der Waals surface area contributed by atoms with Crippen molar-refractivity contribution in [1.82, 2.24) is 10.3 Å². The lowest BCUT2D eigenvalue weighted by Crippen LogP contribution is -2.58. The second-order valence-corrected chi connectivity index (χ2v) is 4.06. The van der Waals surface area contributed by atoms with Crippen molar-refractivity contribution in [3.05, 3.63) is 24.0 Å². The molecule has 17 heavy (non-hydrogen) atoms. The molecule has 1 aromatic heterocycles. The van der Waals surface area contributed by atoms with Gasteiger partial charge in [-0.2, -0.15) is 0 Å². The van der Waals surface area contributed by atoms with Crippen molar-refractivity contribution in [2.45, 2.75) is 26.3 Å². The molecule has 1 aliphatic heterocycles. The van der Waals surface area contributed by atoms with Gasteiger partial charge in [0.25, 0.3) is 0 Å². The Morgan fingerprint density at radius 2 is 2.29 bits per heavy atom. The summed E-state index contributed by atoms with van der Waals surface area (Å²) < 4.78 is 0. The summed E-state index contributed by atoms with van der Waals surface area (Å²) in [6.45, 7) is 3.78. The first-order valence-corrected chi connectivity index (χ1v) is 5.66. The van der Waals surface area contributed by atoms with Gasteiger partial charge in [-0.15, -0.1) is 0 Å². The number of amides is 2. The van der Waals surface area contributed by atoms with Crippen LogP contribution in [0.2, 0.25) is 0 Å². The van der Waals surface area contributed by atoms with E-state index >= 15 is 0 Å². The number of carbonyl (C=O) groups excluding carboxylic acids is 2. The SMILES string of the molecule is CCC1NC(=O)CN(c2cccnc2C)C1=O. The normalized spacial score (nSPS) is 20.4. The molecule has 1 atom stereocenters. The Labute approximate surface area is 99.8 Å². The molecule has 0 aliphatic carbocycles. The Balaban J connectivity index is 2.34. The van der Waals surface area contributed by atoms with E-state index in [1.165, 1.54) is 4.90 Å². The third-order valence-electron chi connectivity index (χ3n) is 2.88. The minimum atomic E-state index is -0.421. The van der Waals surface area contributed by atoms with Crippen LogP contribution in [0, 0.1) is 6.92 Å². The van der Waals surface area contributed by atoms with Crippen LogP contribution in [-0.4, -0.2) is 29.4 Å². The maximum absolute atomic E-state index is 12.1. The number of aromatic nitrogens is 1. The van der Waals surface area contributed by atoms with Gasteiger partial charge in [0.15, 0.2) is 0 Å². The van der Waals surface area contributed by atoms with Crippen LogP contribution in [-0.2, 0) is 9.59 Å². The summed E-state index contributed by atoms with van der Waals surface area (Å²) in [6.07, 6.45) is 2.27. The van der Waals surface area contributed by atoms with E-state index in [1.807, 2.05) is 19.9 Å². The number of nitrogens with zero attached hydrogens (tertiary/aromatic N) is 2. The fourth-order valence-electron chi connectivity index (χ4n) is 1.95. The van der Waals surface area contributed by atoms with Crippen LogP contribution < -0.4 is 10.2 Å². The predicted octanol–water partition coefficient (Wildman–Crippen LogP) is 0.631. The number of rotatable bonds is 2. The maximum atomic E-state index is 12.1. The number of hydrogen-bond donors (Lipinski definition) is 1. The van der Waals surface area contributed by atoms with Gasteiger partial charge in [0.05, 0.1) is 11.4 Å². The molecular weight excluding hydrogens is 218 g/mol. The van der Waals surface area contributed by atoms with Crippen molar-refractivity contribution < 1.29 is 9.59 Å². The molecule has 5 nitrogen and oxygen atoms in total. The third kappa shape index (κ3) is 2.13. The van der Waals surface area contributed by atoms with Crippen LogP contribution >= 0.6 is 0 Å². The summed E-state index contributed by atoms with van der Waals surface area (Å²) in [5, 5.41) is 2.68. The molecule has 1 aliphatic rings. The monoisotopic (exact) mass is 233 g/mol. The van der Waals surface area contributed by atoms with Crippen LogP contribution in [0.25, 0.3) is 0 Å². The molecule has 0 radical (unpaired) electrons. The Morgan fingerprint density at radius 3 is 2.94 bits per heavy atom. The summed E-state index contributed by atoms with van der Waals surface area (Å²) in [7, 11) is 0. The second-order valence-electron chi connectivity index (χ2n) is 4.06. The quantitative estimate of drug-likeness (QED) is 0.815. The first-order valence-electron chi connectivity index (χ1n) is 5.66. The van der Waals surface area contributed by atoms with Crippen molar-refractivity contribution in [1.29, 1.82) is 0 Å². The number of nitrogens with one attached hydrogen (secondary N) is 1. The molecule has 5 heteroatoms. The van der Waals surface area contributed by atoms with Gasteiger partial charge in [-0.25, -0.2) is 0 Å². The van der Waals surface area contributed by atoms with Crippen molar-refractivity contribution in [2.75, 3.05) is 11.4 Å². The maximum Gasteiger partial charge on any atom is 0.250 e. The molecule has 1 N–H and O–H groups in total. The average Bonchev–Trinajstić information content (AvgIpc) is 2.32. The Morgan fingerprint density at radius 1 is 1.53 bits per heavy atom. The van der Waals surface area contributed by atoms with Gasteiger partial charge >= 0.3 is 0 Å². The minimum Gasteiger partial charge on any atom is -0.343 e. The zero-order valence-corrected chi connectivity index (χ0v) is 9.93. The molecular formula is C12H15N3O2. The van der Waals surface area contributed by atoms with Crippen LogP contribution in [0.1, 0.15) is 19.0 Å². The summed E-state index contributed by atoms with van der Waals surface area (Å²) in [4.78, 5) is 29.3. The van der Waals surface area contributed by atoms with E-state index in [0.717, 1.165) is 5.69 Å². The minimum absolute atomic E-state index is 0.0665. The van der Waals surface area contributed by atoms with Gasteiger partial charge in [0.2, 0.25) is 11.8 Å². The molecule has 1 aromatic rings. The van der Waals surface area contributed by atoms with E-state index in [1.54, 1.807) is 12.3 Å². The molecule has 1 fully saturated rings. The van der Waals surface area contributed by atoms with Crippen LogP contribution in [0.15, 0.2) is 18.3 Å². The van der Waals surface area contributed by atoms with E-state index in [2.05, 4.69) is 10.3 Å². The molecule has 0 aromatic carbocycles.